The Morgan fingerprint density at radius 1 is 0.913 bits per heavy atom. The van der Waals surface area contributed by atoms with Crippen molar-refractivity contribution in [1.82, 2.24) is 4.98 Å². The lowest BCUT2D eigenvalue weighted by molar-refractivity contribution is 0.564. The van der Waals surface area contributed by atoms with Gasteiger partial charge >= 0.3 is 0 Å². The quantitative estimate of drug-likeness (QED) is 0.280. The molecule has 0 saturated heterocycles. The second kappa shape index (κ2) is 5.60. The van der Waals surface area contributed by atoms with E-state index in [1.807, 2.05) is 42.5 Å². The molecule has 4 rings (SSSR count). The first-order valence-corrected chi connectivity index (χ1v) is 8.08. The van der Waals surface area contributed by atoms with E-state index in [1.54, 1.807) is 12.1 Å². The van der Waals surface area contributed by atoms with E-state index in [2.05, 4.69) is 4.98 Å². The van der Waals surface area contributed by atoms with Gasteiger partial charge in [0, 0.05) is 21.4 Å². The summed E-state index contributed by atoms with van der Waals surface area (Å²) in [5.41, 5.74) is 2.19. The zero-order chi connectivity index (χ0) is 16.0. The highest BCUT2D eigenvalue weighted by Gasteiger charge is 2.13. The molecule has 0 amide bonds. The molecule has 4 aromatic rings. The minimum atomic E-state index is 0.176. The summed E-state index contributed by atoms with van der Waals surface area (Å²) >= 11 is 17.5. The number of halogens is 2. The van der Waals surface area contributed by atoms with Gasteiger partial charge in [0.15, 0.2) is 0 Å². The van der Waals surface area contributed by atoms with Crippen LogP contribution in [0.25, 0.3) is 33.0 Å². The third-order valence-corrected chi connectivity index (χ3v) is 4.44. The average Bonchev–Trinajstić information content (AvgIpc) is 2.54. The van der Waals surface area contributed by atoms with E-state index >= 15 is 0 Å². The molecule has 0 aliphatic heterocycles. The van der Waals surface area contributed by atoms with Crippen LogP contribution in [0.2, 0.25) is 10.0 Å². The van der Waals surface area contributed by atoms with Crippen molar-refractivity contribution in [1.29, 1.82) is 0 Å². The predicted octanol–water partition coefficient (Wildman–Crippen LogP) is 6.68. The lowest BCUT2D eigenvalue weighted by Gasteiger charge is -2.09. The highest BCUT2D eigenvalue weighted by atomic mass is 35.5. The van der Waals surface area contributed by atoms with Gasteiger partial charge in [-0.1, -0.05) is 53.5 Å². The van der Waals surface area contributed by atoms with Crippen LogP contribution in [0.15, 0.2) is 59.0 Å². The standard InChI is InChI=1S/C18H9Cl2NOS/c19-11-6-8-13(15(20)9-11)16-14-7-5-10-3-1-2-4-12(10)17(14)22-18(23)21-16/h1-9H. The normalized spacial score (nSPS) is 11.2. The van der Waals surface area contributed by atoms with Crippen LogP contribution in [-0.4, -0.2) is 4.98 Å². The van der Waals surface area contributed by atoms with Gasteiger partial charge in [-0.15, -0.1) is 0 Å². The summed E-state index contributed by atoms with van der Waals surface area (Å²) in [7, 11) is 0. The molecule has 0 bridgehead atoms. The Bertz CT molecular complexity index is 1120. The lowest BCUT2D eigenvalue weighted by Crippen LogP contribution is -1.89. The SMILES string of the molecule is S=c1nc(-c2ccc(Cl)cc2Cl)c2ccc3ccccc3c2o1. The third-order valence-electron chi connectivity index (χ3n) is 3.71. The van der Waals surface area contributed by atoms with Crippen LogP contribution in [-0.2, 0) is 0 Å². The highest BCUT2D eigenvalue weighted by molar-refractivity contribution is 7.71. The summed E-state index contributed by atoms with van der Waals surface area (Å²) in [5, 5.41) is 4.04. The van der Waals surface area contributed by atoms with E-state index in [1.165, 1.54) is 0 Å². The predicted molar refractivity (Wildman–Crippen MR) is 97.8 cm³/mol. The maximum Gasteiger partial charge on any atom is 0.289 e. The van der Waals surface area contributed by atoms with Crippen molar-refractivity contribution in [2.45, 2.75) is 0 Å². The molecule has 0 saturated carbocycles. The van der Waals surface area contributed by atoms with Crippen molar-refractivity contribution >= 4 is 57.2 Å². The molecule has 0 radical (unpaired) electrons. The third kappa shape index (κ3) is 2.51. The number of hydrogen-bond donors (Lipinski definition) is 0. The Labute approximate surface area is 147 Å². The fourth-order valence-electron chi connectivity index (χ4n) is 2.69. The van der Waals surface area contributed by atoms with E-state index < -0.39 is 0 Å². The number of hydrogen-bond acceptors (Lipinski definition) is 3. The highest BCUT2D eigenvalue weighted by Crippen LogP contribution is 2.36. The van der Waals surface area contributed by atoms with Crippen molar-refractivity contribution in [3.05, 3.63) is 69.5 Å². The topological polar surface area (TPSA) is 26.0 Å². The smallest absolute Gasteiger partial charge is 0.289 e. The maximum atomic E-state index is 6.35. The van der Waals surface area contributed by atoms with Gasteiger partial charge in [0.05, 0.1) is 10.7 Å². The molecule has 112 valence electrons. The molecule has 1 aromatic heterocycles. The number of fused-ring (bicyclic) bond motifs is 3. The summed E-state index contributed by atoms with van der Waals surface area (Å²) in [4.78, 5) is 4.57. The average molecular weight is 358 g/mol. The Morgan fingerprint density at radius 2 is 1.74 bits per heavy atom. The van der Waals surface area contributed by atoms with E-state index in [9.17, 15) is 0 Å². The van der Waals surface area contributed by atoms with Gasteiger partial charge in [0.25, 0.3) is 4.84 Å². The fourth-order valence-corrected chi connectivity index (χ4v) is 3.36. The second-order valence-electron chi connectivity index (χ2n) is 5.12. The van der Waals surface area contributed by atoms with Crippen molar-refractivity contribution in [3.8, 4) is 11.3 Å². The van der Waals surface area contributed by atoms with Gasteiger partial charge in [-0.05, 0) is 41.9 Å². The van der Waals surface area contributed by atoms with Crippen LogP contribution in [0.3, 0.4) is 0 Å². The van der Waals surface area contributed by atoms with Crippen molar-refractivity contribution in [2.24, 2.45) is 0 Å². The second-order valence-corrected chi connectivity index (χ2v) is 6.31. The van der Waals surface area contributed by atoms with Crippen molar-refractivity contribution in [3.63, 3.8) is 0 Å². The van der Waals surface area contributed by atoms with E-state index in [-0.39, 0.29) is 4.84 Å². The maximum absolute atomic E-state index is 6.35. The summed E-state index contributed by atoms with van der Waals surface area (Å²) in [6, 6.07) is 17.3. The molecule has 0 atom stereocenters. The van der Waals surface area contributed by atoms with E-state index in [0.717, 1.165) is 21.7 Å². The molecule has 3 aromatic carbocycles. The molecular formula is C18H9Cl2NOS. The van der Waals surface area contributed by atoms with Gasteiger partial charge in [-0.3, -0.25) is 0 Å². The van der Waals surface area contributed by atoms with Crippen LogP contribution in [0, 0.1) is 4.84 Å². The summed E-state index contributed by atoms with van der Waals surface area (Å²) in [6.45, 7) is 0. The molecule has 0 unspecified atom stereocenters. The first kappa shape index (κ1) is 14.6. The zero-order valence-corrected chi connectivity index (χ0v) is 14.0. The van der Waals surface area contributed by atoms with Gasteiger partial charge in [-0.2, -0.15) is 0 Å². The molecular weight excluding hydrogens is 349 g/mol. The number of aromatic nitrogens is 1. The minimum absolute atomic E-state index is 0.176. The number of nitrogens with zero attached hydrogens (tertiary/aromatic N) is 1. The van der Waals surface area contributed by atoms with E-state index in [4.69, 9.17) is 39.8 Å². The van der Waals surface area contributed by atoms with Crippen molar-refractivity contribution < 1.29 is 4.42 Å². The van der Waals surface area contributed by atoms with Gasteiger partial charge < -0.3 is 4.42 Å². The van der Waals surface area contributed by atoms with Crippen LogP contribution < -0.4 is 0 Å². The Hall–Kier alpha value is -1.94. The molecule has 2 nitrogen and oxygen atoms in total. The molecule has 0 spiro atoms. The first-order chi connectivity index (χ1) is 11.1. The van der Waals surface area contributed by atoms with Gasteiger partial charge in [0.2, 0.25) is 0 Å². The van der Waals surface area contributed by atoms with Crippen LogP contribution in [0.1, 0.15) is 0 Å². The Kier molecular flexibility index (Phi) is 3.57. The molecule has 0 aliphatic carbocycles. The largest absolute Gasteiger partial charge is 0.429 e. The Morgan fingerprint density at radius 3 is 2.57 bits per heavy atom. The fraction of sp³-hybridized carbons (Fsp3) is 0. The Balaban J connectivity index is 2.15. The van der Waals surface area contributed by atoms with Gasteiger partial charge in [-0.25, -0.2) is 4.98 Å². The molecule has 5 heteroatoms. The zero-order valence-electron chi connectivity index (χ0n) is 11.7. The minimum Gasteiger partial charge on any atom is -0.429 e. The van der Waals surface area contributed by atoms with Crippen LogP contribution >= 0.6 is 35.4 Å². The van der Waals surface area contributed by atoms with Gasteiger partial charge in [0.1, 0.15) is 5.58 Å². The summed E-state index contributed by atoms with van der Waals surface area (Å²) < 4.78 is 5.74. The number of benzene rings is 3. The molecule has 1 heterocycles. The van der Waals surface area contributed by atoms with Crippen LogP contribution in [0.5, 0.6) is 0 Å². The lowest BCUT2D eigenvalue weighted by atomic mass is 10.0. The molecule has 23 heavy (non-hydrogen) atoms. The monoisotopic (exact) mass is 357 g/mol. The summed E-state index contributed by atoms with van der Waals surface area (Å²) in [5.74, 6) is 0. The number of rotatable bonds is 1. The molecule has 0 aliphatic rings. The first-order valence-electron chi connectivity index (χ1n) is 6.91. The van der Waals surface area contributed by atoms with Crippen LogP contribution in [0.4, 0.5) is 0 Å². The van der Waals surface area contributed by atoms with E-state index in [0.29, 0.717) is 21.3 Å². The molecule has 0 fully saturated rings. The van der Waals surface area contributed by atoms with Crippen molar-refractivity contribution in [2.75, 3.05) is 0 Å². The molecule has 0 N–H and O–H groups in total. The summed E-state index contributed by atoms with van der Waals surface area (Å²) in [6.07, 6.45) is 0.